The lowest BCUT2D eigenvalue weighted by molar-refractivity contribution is 0.0985. The van der Waals surface area contributed by atoms with Crippen molar-refractivity contribution >= 4 is 29.8 Å². The van der Waals surface area contributed by atoms with Gasteiger partial charge < -0.3 is 4.55 Å². The third kappa shape index (κ3) is 2.55. The fourth-order valence-corrected chi connectivity index (χ4v) is 1.27. The van der Waals surface area contributed by atoms with Crippen molar-refractivity contribution in [3.05, 3.63) is 29.8 Å². The summed E-state index contributed by atoms with van der Waals surface area (Å²) in [4.78, 5) is 11.1. The zero-order valence-corrected chi connectivity index (χ0v) is 8.10. The lowest BCUT2D eigenvalue weighted by atomic mass is 10.2. The maximum Gasteiger partial charge on any atom is 0.260 e. The minimum atomic E-state index is -2.25. The molecule has 70 valence electrons. The minimum Gasteiger partial charge on any atom is -0.768 e. The first-order valence-corrected chi connectivity index (χ1v) is 4.81. The van der Waals surface area contributed by atoms with E-state index in [9.17, 15) is 13.6 Å². The van der Waals surface area contributed by atoms with Gasteiger partial charge in [0, 0.05) is 10.5 Å². The van der Waals surface area contributed by atoms with Crippen LogP contribution in [0.15, 0.2) is 29.2 Å². The molecule has 0 saturated carbocycles. The summed E-state index contributed by atoms with van der Waals surface area (Å²) in [5.41, 5.74) is 0.365. The standard InChI is InChI=1S/C7H7NO3S2/c9-7(8-12)5-1-3-6(4-2-5)13(10)11/h1-4,12H,(H,8,9)(H,10,11)/p-1. The van der Waals surface area contributed by atoms with E-state index < -0.39 is 11.1 Å². The van der Waals surface area contributed by atoms with Crippen LogP contribution in [0.2, 0.25) is 0 Å². The molecule has 1 rings (SSSR count). The molecule has 1 aromatic carbocycles. The fraction of sp³-hybridized carbons (Fsp3) is 0. The number of hydrogen-bond acceptors (Lipinski definition) is 4. The van der Waals surface area contributed by atoms with Gasteiger partial charge in [-0.15, -0.1) is 0 Å². The Morgan fingerprint density at radius 2 is 1.92 bits per heavy atom. The van der Waals surface area contributed by atoms with Crippen LogP contribution in [0.25, 0.3) is 0 Å². The van der Waals surface area contributed by atoms with E-state index in [1.54, 1.807) is 0 Å². The largest absolute Gasteiger partial charge is 0.768 e. The van der Waals surface area contributed by atoms with E-state index in [0.29, 0.717) is 5.56 Å². The molecule has 0 heterocycles. The molecular formula is C7H6NO3S2-. The van der Waals surface area contributed by atoms with E-state index >= 15 is 0 Å². The van der Waals surface area contributed by atoms with Crippen molar-refractivity contribution in [2.75, 3.05) is 0 Å². The SMILES string of the molecule is O=C(NS)c1ccc(S(=O)[O-])cc1. The molecular weight excluding hydrogens is 210 g/mol. The van der Waals surface area contributed by atoms with Gasteiger partial charge >= 0.3 is 0 Å². The van der Waals surface area contributed by atoms with Crippen molar-refractivity contribution in [3.63, 3.8) is 0 Å². The molecule has 0 aliphatic heterocycles. The number of amides is 1. The molecule has 0 fully saturated rings. The summed E-state index contributed by atoms with van der Waals surface area (Å²) in [6.45, 7) is 0. The molecule has 0 bridgehead atoms. The van der Waals surface area contributed by atoms with Gasteiger partial charge in [-0.2, -0.15) is 0 Å². The average molecular weight is 216 g/mol. The molecule has 0 saturated heterocycles. The molecule has 1 amide bonds. The zero-order chi connectivity index (χ0) is 9.84. The maximum atomic E-state index is 11.0. The molecule has 6 heteroatoms. The van der Waals surface area contributed by atoms with Crippen LogP contribution in [-0.2, 0) is 11.1 Å². The van der Waals surface area contributed by atoms with Gasteiger partial charge in [0.15, 0.2) is 0 Å². The quantitative estimate of drug-likeness (QED) is 0.558. The summed E-state index contributed by atoms with van der Waals surface area (Å²) in [5.74, 6) is -0.369. The molecule has 0 radical (unpaired) electrons. The number of rotatable bonds is 2. The van der Waals surface area contributed by atoms with Crippen molar-refractivity contribution in [3.8, 4) is 0 Å². The van der Waals surface area contributed by atoms with Crippen LogP contribution in [0.4, 0.5) is 0 Å². The van der Waals surface area contributed by atoms with E-state index in [0.717, 1.165) is 0 Å². The van der Waals surface area contributed by atoms with Crippen LogP contribution in [0.1, 0.15) is 10.4 Å². The van der Waals surface area contributed by atoms with Gasteiger partial charge in [-0.3, -0.25) is 13.7 Å². The first-order chi connectivity index (χ1) is 6.15. The van der Waals surface area contributed by atoms with Crippen LogP contribution in [0.3, 0.4) is 0 Å². The van der Waals surface area contributed by atoms with Crippen molar-refractivity contribution in [2.45, 2.75) is 4.90 Å². The van der Waals surface area contributed by atoms with E-state index in [1.165, 1.54) is 24.3 Å². The summed E-state index contributed by atoms with van der Waals surface area (Å²) in [5, 5.41) is 0. The second-order valence-corrected chi connectivity index (χ2v) is 3.36. The van der Waals surface area contributed by atoms with E-state index in [1.807, 2.05) is 0 Å². The van der Waals surface area contributed by atoms with Gasteiger partial charge in [-0.05, 0) is 35.3 Å². The second-order valence-electron chi connectivity index (χ2n) is 2.20. The minimum absolute atomic E-state index is 0.149. The van der Waals surface area contributed by atoms with E-state index in [2.05, 4.69) is 17.5 Å². The highest BCUT2D eigenvalue weighted by atomic mass is 32.2. The predicted octanol–water partition coefficient (Wildman–Crippen LogP) is 0.499. The molecule has 0 aromatic heterocycles. The van der Waals surface area contributed by atoms with Crippen LogP contribution < -0.4 is 4.72 Å². The number of nitrogens with one attached hydrogen (secondary N) is 1. The Hall–Kier alpha value is -0.850. The summed E-state index contributed by atoms with van der Waals surface area (Å²) < 4.78 is 23.0. The van der Waals surface area contributed by atoms with Crippen LogP contribution in [-0.4, -0.2) is 14.7 Å². The van der Waals surface area contributed by atoms with Crippen molar-refractivity contribution in [2.24, 2.45) is 0 Å². The average Bonchev–Trinajstić information content (AvgIpc) is 2.17. The molecule has 1 N–H and O–H groups in total. The molecule has 0 aliphatic rings. The predicted molar refractivity (Wildman–Crippen MR) is 50.1 cm³/mol. The Labute approximate surface area is 83.2 Å². The van der Waals surface area contributed by atoms with Crippen molar-refractivity contribution in [1.29, 1.82) is 0 Å². The van der Waals surface area contributed by atoms with E-state index in [4.69, 9.17) is 0 Å². The monoisotopic (exact) mass is 216 g/mol. The smallest absolute Gasteiger partial charge is 0.260 e. The van der Waals surface area contributed by atoms with Gasteiger partial charge in [0.05, 0.1) is 0 Å². The Kier molecular flexibility index (Phi) is 3.47. The molecule has 0 spiro atoms. The summed E-state index contributed by atoms with van der Waals surface area (Å²) in [6.07, 6.45) is 0. The Morgan fingerprint density at radius 3 is 2.31 bits per heavy atom. The molecule has 1 unspecified atom stereocenters. The highest BCUT2D eigenvalue weighted by Gasteiger charge is 2.02. The number of thiol groups is 1. The maximum absolute atomic E-state index is 11.0. The molecule has 1 atom stereocenters. The van der Waals surface area contributed by atoms with Gasteiger partial charge in [0.1, 0.15) is 0 Å². The van der Waals surface area contributed by atoms with Crippen LogP contribution >= 0.6 is 12.8 Å². The fourth-order valence-electron chi connectivity index (χ4n) is 0.782. The number of hydrogen-bond donors (Lipinski definition) is 2. The first kappa shape index (κ1) is 10.2. The molecule has 4 nitrogen and oxygen atoms in total. The van der Waals surface area contributed by atoms with Gasteiger partial charge in [-0.25, -0.2) is 0 Å². The van der Waals surface area contributed by atoms with Gasteiger partial charge in [0.25, 0.3) is 5.91 Å². The normalized spacial score (nSPS) is 12.2. The Morgan fingerprint density at radius 1 is 1.38 bits per heavy atom. The van der Waals surface area contributed by atoms with Crippen molar-refractivity contribution < 1.29 is 13.6 Å². The van der Waals surface area contributed by atoms with Gasteiger partial charge in [0.2, 0.25) is 0 Å². The van der Waals surface area contributed by atoms with Crippen LogP contribution in [0, 0.1) is 0 Å². The Balaban J connectivity index is 2.93. The molecule has 1 aromatic rings. The van der Waals surface area contributed by atoms with Gasteiger partial charge in [-0.1, -0.05) is 12.8 Å². The van der Waals surface area contributed by atoms with Crippen LogP contribution in [0.5, 0.6) is 0 Å². The third-order valence-electron chi connectivity index (χ3n) is 1.41. The first-order valence-electron chi connectivity index (χ1n) is 3.29. The highest BCUT2D eigenvalue weighted by Crippen LogP contribution is 2.07. The third-order valence-corrected chi connectivity index (χ3v) is 2.27. The highest BCUT2D eigenvalue weighted by molar-refractivity contribution is 7.79. The zero-order valence-electron chi connectivity index (χ0n) is 6.39. The summed E-state index contributed by atoms with van der Waals surface area (Å²) in [6, 6.07) is 5.52. The number of carbonyl (C=O) groups excluding carboxylic acids is 1. The summed E-state index contributed by atoms with van der Waals surface area (Å²) in [7, 11) is 0. The lowest BCUT2D eigenvalue weighted by Crippen LogP contribution is -2.12. The topological polar surface area (TPSA) is 69.2 Å². The van der Waals surface area contributed by atoms with E-state index in [-0.39, 0.29) is 10.8 Å². The Bertz CT molecular complexity index is 336. The lowest BCUT2D eigenvalue weighted by Gasteiger charge is -2.05. The van der Waals surface area contributed by atoms with Crippen molar-refractivity contribution in [1.82, 2.24) is 4.72 Å². The number of carbonyl (C=O) groups is 1. The molecule has 0 aliphatic carbocycles. The summed E-state index contributed by atoms with van der Waals surface area (Å²) >= 11 is 1.32. The second kappa shape index (κ2) is 4.40. The number of benzene rings is 1. The molecule has 13 heavy (non-hydrogen) atoms.